The molecule has 0 bridgehead atoms. The van der Waals surface area contributed by atoms with Crippen LogP contribution in [0.4, 0.5) is 11.4 Å². The largest absolute Gasteiger partial charge is 0.393 e. The summed E-state index contributed by atoms with van der Waals surface area (Å²) in [5.74, 6) is 0.388. The van der Waals surface area contributed by atoms with Crippen LogP contribution in [-0.2, 0) is 0 Å². The first-order chi connectivity index (χ1) is 15.3. The number of allylic oxidation sites excluding steroid dienone is 3. The Labute approximate surface area is 194 Å². The number of rotatable bonds is 6. The summed E-state index contributed by atoms with van der Waals surface area (Å²) in [5, 5.41) is 19.3. The highest BCUT2D eigenvalue weighted by Crippen LogP contribution is 2.36. The summed E-state index contributed by atoms with van der Waals surface area (Å²) in [6.07, 6.45) is 11.8. The van der Waals surface area contributed by atoms with E-state index >= 15 is 0 Å². The van der Waals surface area contributed by atoms with Gasteiger partial charge in [-0.2, -0.15) is 5.10 Å². The van der Waals surface area contributed by atoms with Gasteiger partial charge in [0.15, 0.2) is 0 Å². The van der Waals surface area contributed by atoms with Gasteiger partial charge in [0.1, 0.15) is 0 Å². The minimum absolute atomic E-state index is 0.162. The SMILES string of the molecule is C=C(Nc1cc2cn(C3CCC(O)CC3)nc2cc1N(C)C)C1=CC=CC(C(C)C)=NS1. The minimum atomic E-state index is -0.162. The first-order valence-electron chi connectivity index (χ1n) is 11.3. The van der Waals surface area contributed by atoms with Crippen LogP contribution in [0.1, 0.15) is 45.6 Å². The first kappa shape index (κ1) is 22.7. The van der Waals surface area contributed by atoms with Crippen LogP contribution in [0.25, 0.3) is 10.9 Å². The molecule has 1 aromatic carbocycles. The van der Waals surface area contributed by atoms with Crippen LogP contribution in [-0.4, -0.2) is 40.8 Å². The van der Waals surface area contributed by atoms with Gasteiger partial charge in [0.2, 0.25) is 0 Å². The molecule has 2 aliphatic rings. The number of fused-ring (bicyclic) bond motifs is 1. The van der Waals surface area contributed by atoms with Gasteiger partial charge in [-0.1, -0.05) is 26.5 Å². The highest BCUT2D eigenvalue weighted by molar-refractivity contribution is 8.02. The smallest absolute Gasteiger partial charge is 0.0945 e. The summed E-state index contributed by atoms with van der Waals surface area (Å²) in [6, 6.07) is 4.63. The molecular weight excluding hydrogens is 418 g/mol. The number of hydrogen-bond acceptors (Lipinski definition) is 6. The van der Waals surface area contributed by atoms with Gasteiger partial charge in [0, 0.05) is 43.3 Å². The van der Waals surface area contributed by atoms with Gasteiger partial charge < -0.3 is 15.3 Å². The minimum Gasteiger partial charge on any atom is -0.393 e. The third kappa shape index (κ3) is 4.94. The van der Waals surface area contributed by atoms with Gasteiger partial charge in [-0.3, -0.25) is 4.68 Å². The maximum Gasteiger partial charge on any atom is 0.0945 e. The maximum atomic E-state index is 9.83. The quantitative estimate of drug-likeness (QED) is 0.551. The lowest BCUT2D eigenvalue weighted by Gasteiger charge is -2.25. The molecule has 1 fully saturated rings. The molecule has 0 spiro atoms. The van der Waals surface area contributed by atoms with Gasteiger partial charge in [-0.05, 0) is 55.9 Å². The average Bonchev–Trinajstić information content (AvgIpc) is 2.99. The molecule has 1 aromatic heterocycles. The van der Waals surface area contributed by atoms with E-state index in [1.165, 1.54) is 11.9 Å². The summed E-state index contributed by atoms with van der Waals surface area (Å²) < 4.78 is 6.76. The summed E-state index contributed by atoms with van der Waals surface area (Å²) in [7, 11) is 4.08. The third-order valence-electron chi connectivity index (χ3n) is 6.10. The summed E-state index contributed by atoms with van der Waals surface area (Å²) in [4.78, 5) is 3.09. The van der Waals surface area contributed by atoms with E-state index in [0.29, 0.717) is 12.0 Å². The van der Waals surface area contributed by atoms with Crippen molar-refractivity contribution in [2.75, 3.05) is 24.3 Å². The number of nitrogens with one attached hydrogen (secondary N) is 1. The van der Waals surface area contributed by atoms with Crippen LogP contribution in [0, 0.1) is 5.92 Å². The maximum absolute atomic E-state index is 9.83. The molecular formula is C25H33N5OS. The second kappa shape index (κ2) is 9.55. The molecule has 1 saturated carbocycles. The van der Waals surface area contributed by atoms with E-state index in [2.05, 4.69) is 70.2 Å². The molecule has 170 valence electrons. The van der Waals surface area contributed by atoms with E-state index in [9.17, 15) is 5.11 Å². The molecule has 0 amide bonds. The molecule has 4 rings (SSSR count). The van der Waals surface area contributed by atoms with Crippen molar-refractivity contribution in [2.45, 2.75) is 51.7 Å². The highest BCUT2D eigenvalue weighted by atomic mass is 32.2. The van der Waals surface area contributed by atoms with E-state index in [1.807, 2.05) is 20.2 Å². The number of anilines is 2. The lowest BCUT2D eigenvalue weighted by molar-refractivity contribution is 0.108. The molecule has 0 unspecified atom stereocenters. The summed E-state index contributed by atoms with van der Waals surface area (Å²) in [5.41, 5.74) is 4.93. The second-order valence-corrected chi connectivity index (χ2v) is 9.95. The van der Waals surface area contributed by atoms with Crippen LogP contribution in [0.15, 0.2) is 58.1 Å². The Kier molecular flexibility index (Phi) is 6.76. The fourth-order valence-corrected chi connectivity index (χ4v) is 4.91. The highest BCUT2D eigenvalue weighted by Gasteiger charge is 2.22. The normalized spacial score (nSPS) is 21.3. The fraction of sp³-hybridized carbons (Fsp3) is 0.440. The van der Waals surface area contributed by atoms with Crippen molar-refractivity contribution < 1.29 is 5.11 Å². The molecule has 2 heterocycles. The number of nitrogens with zero attached hydrogens (tertiary/aromatic N) is 4. The van der Waals surface area contributed by atoms with Crippen LogP contribution >= 0.6 is 11.9 Å². The van der Waals surface area contributed by atoms with Crippen molar-refractivity contribution >= 4 is 39.9 Å². The molecule has 0 radical (unpaired) electrons. The first-order valence-corrected chi connectivity index (χ1v) is 12.1. The molecule has 1 aliphatic heterocycles. The lowest BCUT2D eigenvalue weighted by atomic mass is 9.93. The van der Waals surface area contributed by atoms with Gasteiger partial charge in [0.25, 0.3) is 0 Å². The zero-order chi connectivity index (χ0) is 22.8. The molecule has 2 aromatic rings. The average molecular weight is 452 g/mol. The van der Waals surface area contributed by atoms with Gasteiger partial charge >= 0.3 is 0 Å². The molecule has 1 aliphatic carbocycles. The standard InChI is InChI=1S/C25H33N5OS/c1-16(2)21-7-6-8-25(32-28-21)17(3)26-23-13-18-15-30(19-9-11-20(31)12-10-19)27-22(18)14-24(23)29(4)5/h6-8,13-16,19-20,26,31H,3,9-12H2,1-2,4-5H3. The van der Waals surface area contributed by atoms with E-state index < -0.39 is 0 Å². The Morgan fingerprint density at radius 1 is 1.25 bits per heavy atom. The molecule has 0 atom stereocenters. The van der Waals surface area contributed by atoms with Crippen molar-refractivity contribution in [3.63, 3.8) is 0 Å². The number of aromatic nitrogens is 2. The van der Waals surface area contributed by atoms with Crippen LogP contribution in [0.2, 0.25) is 0 Å². The summed E-state index contributed by atoms with van der Waals surface area (Å²) in [6.45, 7) is 8.58. The number of aliphatic hydroxyl groups is 1. The van der Waals surface area contributed by atoms with Crippen LogP contribution in [0.5, 0.6) is 0 Å². The van der Waals surface area contributed by atoms with Crippen molar-refractivity contribution in [3.05, 3.63) is 53.7 Å². The van der Waals surface area contributed by atoms with Crippen molar-refractivity contribution in [1.29, 1.82) is 0 Å². The Bertz CT molecular complexity index is 1090. The Morgan fingerprint density at radius 2 is 2.00 bits per heavy atom. The van der Waals surface area contributed by atoms with E-state index in [-0.39, 0.29) is 6.10 Å². The monoisotopic (exact) mass is 451 g/mol. The predicted molar refractivity (Wildman–Crippen MR) is 137 cm³/mol. The summed E-state index contributed by atoms with van der Waals surface area (Å²) >= 11 is 1.46. The Hall–Kier alpha value is -2.51. The fourth-order valence-electron chi connectivity index (χ4n) is 4.13. The van der Waals surface area contributed by atoms with Crippen molar-refractivity contribution in [1.82, 2.24) is 9.78 Å². The van der Waals surface area contributed by atoms with Gasteiger partial charge in [-0.15, -0.1) is 0 Å². The van der Waals surface area contributed by atoms with E-state index in [1.54, 1.807) is 0 Å². The van der Waals surface area contributed by atoms with Crippen LogP contribution < -0.4 is 10.2 Å². The molecule has 0 saturated heterocycles. The molecule has 6 nitrogen and oxygen atoms in total. The topological polar surface area (TPSA) is 65.7 Å². The zero-order valence-corrected chi connectivity index (χ0v) is 20.2. The van der Waals surface area contributed by atoms with Crippen molar-refractivity contribution in [3.8, 4) is 0 Å². The molecule has 32 heavy (non-hydrogen) atoms. The number of aliphatic hydroxyl groups excluding tert-OH is 1. The lowest BCUT2D eigenvalue weighted by Crippen LogP contribution is -2.21. The molecule has 2 N–H and O–H groups in total. The van der Waals surface area contributed by atoms with E-state index in [4.69, 9.17) is 5.10 Å². The van der Waals surface area contributed by atoms with E-state index in [0.717, 1.165) is 64.3 Å². The molecule has 7 heteroatoms. The zero-order valence-electron chi connectivity index (χ0n) is 19.4. The van der Waals surface area contributed by atoms with Gasteiger partial charge in [-0.25, -0.2) is 4.40 Å². The second-order valence-electron chi connectivity index (χ2n) is 9.15. The number of benzene rings is 1. The Balaban J connectivity index is 1.59. The predicted octanol–water partition coefficient (Wildman–Crippen LogP) is 5.70. The van der Waals surface area contributed by atoms with Crippen molar-refractivity contribution in [2.24, 2.45) is 10.3 Å². The van der Waals surface area contributed by atoms with Crippen LogP contribution in [0.3, 0.4) is 0 Å². The Morgan fingerprint density at radius 3 is 2.69 bits per heavy atom. The van der Waals surface area contributed by atoms with Gasteiger partial charge in [0.05, 0.1) is 39.7 Å². The third-order valence-corrected chi connectivity index (χ3v) is 6.98. The number of hydrogen-bond donors (Lipinski definition) is 2.